The molecule has 0 heterocycles. The molecule has 0 N–H and O–H groups in total. The number of hydrogen-bond donors (Lipinski definition) is 0. The molecule has 0 aromatic heterocycles. The van der Waals surface area contributed by atoms with E-state index < -0.39 is 0 Å². The highest BCUT2D eigenvalue weighted by Gasteiger charge is 2.39. The van der Waals surface area contributed by atoms with Gasteiger partial charge < -0.3 is 0 Å². The Labute approximate surface area is 209 Å². The van der Waals surface area contributed by atoms with Gasteiger partial charge in [-0.15, -0.1) is 0 Å². The van der Waals surface area contributed by atoms with Gasteiger partial charge in [0.05, 0.1) is 0 Å². The Kier molecular flexibility index (Phi) is 5.75. The summed E-state index contributed by atoms with van der Waals surface area (Å²) in [5.74, 6) is 0.599. The van der Waals surface area contributed by atoms with Crippen LogP contribution in [0.5, 0.6) is 0 Å². The van der Waals surface area contributed by atoms with Crippen LogP contribution in [0.1, 0.15) is 62.5 Å². The monoisotopic (exact) mass is 458 g/mol. The largest absolute Gasteiger partial charge is 0.298 e. The van der Waals surface area contributed by atoms with Gasteiger partial charge in [0.2, 0.25) is 0 Å². The fourth-order valence-electron chi connectivity index (χ4n) is 5.81. The molecule has 35 heavy (non-hydrogen) atoms. The maximum atomic E-state index is 10.5. The molecule has 2 aliphatic rings. The van der Waals surface area contributed by atoms with Gasteiger partial charge in [-0.3, -0.25) is 4.79 Å². The topological polar surface area (TPSA) is 17.1 Å². The molecule has 0 bridgehead atoms. The van der Waals surface area contributed by atoms with Crippen LogP contribution in [0.3, 0.4) is 0 Å². The summed E-state index contributed by atoms with van der Waals surface area (Å²) in [5.41, 5.74) is 7.28. The minimum absolute atomic E-state index is 0.185. The molecule has 176 valence electrons. The molecule has 6 rings (SSSR count). The van der Waals surface area contributed by atoms with Crippen LogP contribution in [0.4, 0.5) is 0 Å². The third-order valence-electron chi connectivity index (χ3n) is 8.10. The lowest BCUT2D eigenvalue weighted by Crippen LogP contribution is -2.32. The van der Waals surface area contributed by atoms with Gasteiger partial charge >= 0.3 is 0 Å². The molecular weight excluding hydrogens is 424 g/mol. The van der Waals surface area contributed by atoms with E-state index in [1.165, 1.54) is 32.9 Å². The molecule has 4 aromatic rings. The first-order valence-electron chi connectivity index (χ1n) is 12.6. The van der Waals surface area contributed by atoms with E-state index in [0.717, 1.165) is 23.7 Å². The lowest BCUT2D eigenvalue weighted by molar-refractivity contribution is 0.112. The molecule has 1 unspecified atom stereocenters. The van der Waals surface area contributed by atoms with E-state index >= 15 is 0 Å². The van der Waals surface area contributed by atoms with Crippen molar-refractivity contribution in [2.45, 2.75) is 46.5 Å². The first-order valence-corrected chi connectivity index (χ1v) is 12.6. The molecule has 0 radical (unpaired) electrons. The average Bonchev–Trinajstić information content (AvgIpc) is 2.86. The lowest BCUT2D eigenvalue weighted by atomic mass is 9.60. The standard InChI is InChI=1S/C23H26.C11H8O/c1-15-20-14-23(4,5)21-17-9-7-6-8-16(17)10-11-19(21)18(20)12-13-22(15,2)3;12-8-9-5-6-10-3-1-2-4-11(10)7-9/h6-13,15H,14H2,1-5H3;1-8H. The van der Waals surface area contributed by atoms with Crippen molar-refractivity contribution >= 4 is 33.4 Å². The number of rotatable bonds is 1. The number of benzene rings is 4. The molecule has 0 saturated heterocycles. The molecule has 0 aliphatic heterocycles. The summed E-state index contributed by atoms with van der Waals surface area (Å²) in [6, 6.07) is 27.1. The van der Waals surface area contributed by atoms with Gasteiger partial charge in [0.15, 0.2) is 0 Å². The highest BCUT2D eigenvalue weighted by molar-refractivity contribution is 5.95. The first-order chi connectivity index (χ1) is 16.7. The minimum atomic E-state index is 0.185. The second-order valence-corrected chi connectivity index (χ2v) is 11.3. The highest BCUT2D eigenvalue weighted by Crippen LogP contribution is 2.53. The summed E-state index contributed by atoms with van der Waals surface area (Å²) in [7, 11) is 0. The predicted molar refractivity (Wildman–Crippen MR) is 150 cm³/mol. The van der Waals surface area contributed by atoms with Gasteiger partial charge in [-0.1, -0.05) is 125 Å². The van der Waals surface area contributed by atoms with E-state index in [2.05, 4.69) is 83.2 Å². The number of fused-ring (bicyclic) bond motifs is 5. The van der Waals surface area contributed by atoms with Crippen molar-refractivity contribution in [2.24, 2.45) is 11.3 Å². The first kappa shape index (κ1) is 23.3. The Balaban J connectivity index is 0.000000178. The highest BCUT2D eigenvalue weighted by atomic mass is 16.1. The zero-order chi connectivity index (χ0) is 24.8. The summed E-state index contributed by atoms with van der Waals surface area (Å²) < 4.78 is 0. The molecule has 1 heteroatoms. The van der Waals surface area contributed by atoms with E-state index in [0.29, 0.717) is 5.92 Å². The van der Waals surface area contributed by atoms with Crippen molar-refractivity contribution in [3.8, 4) is 0 Å². The van der Waals surface area contributed by atoms with E-state index in [1.807, 2.05) is 42.5 Å². The van der Waals surface area contributed by atoms with Crippen molar-refractivity contribution in [3.63, 3.8) is 0 Å². The van der Waals surface area contributed by atoms with Crippen LogP contribution >= 0.6 is 0 Å². The minimum Gasteiger partial charge on any atom is -0.298 e. The van der Waals surface area contributed by atoms with E-state index in [-0.39, 0.29) is 10.8 Å². The van der Waals surface area contributed by atoms with Gasteiger partial charge in [-0.2, -0.15) is 0 Å². The van der Waals surface area contributed by atoms with Crippen LogP contribution in [0.15, 0.2) is 96.6 Å². The molecule has 0 amide bonds. The van der Waals surface area contributed by atoms with Gasteiger partial charge in [-0.25, -0.2) is 0 Å². The van der Waals surface area contributed by atoms with E-state index in [9.17, 15) is 4.79 Å². The smallest absolute Gasteiger partial charge is 0.150 e. The number of hydrogen-bond acceptors (Lipinski definition) is 1. The van der Waals surface area contributed by atoms with Crippen molar-refractivity contribution in [2.75, 3.05) is 0 Å². The van der Waals surface area contributed by atoms with Crippen molar-refractivity contribution in [1.29, 1.82) is 0 Å². The fraction of sp³-hybridized carbons (Fsp3) is 0.265. The van der Waals surface area contributed by atoms with Crippen molar-refractivity contribution in [1.82, 2.24) is 0 Å². The van der Waals surface area contributed by atoms with Crippen LogP contribution in [-0.2, 0) is 5.41 Å². The Morgan fingerprint density at radius 2 is 1.46 bits per heavy atom. The maximum Gasteiger partial charge on any atom is 0.150 e. The zero-order valence-electron chi connectivity index (χ0n) is 21.4. The van der Waals surface area contributed by atoms with Gasteiger partial charge in [-0.05, 0) is 67.5 Å². The van der Waals surface area contributed by atoms with Crippen molar-refractivity contribution in [3.05, 3.63) is 113 Å². The molecule has 0 saturated carbocycles. The summed E-state index contributed by atoms with van der Waals surface area (Å²) in [4.78, 5) is 10.5. The Bertz CT molecular complexity index is 1500. The molecule has 0 fully saturated rings. The summed E-state index contributed by atoms with van der Waals surface area (Å²) >= 11 is 0. The van der Waals surface area contributed by atoms with Crippen LogP contribution in [0.25, 0.3) is 27.1 Å². The van der Waals surface area contributed by atoms with Gasteiger partial charge in [0.1, 0.15) is 6.29 Å². The summed E-state index contributed by atoms with van der Waals surface area (Å²) in [6.07, 6.45) is 6.83. The van der Waals surface area contributed by atoms with Crippen LogP contribution in [0, 0.1) is 11.3 Å². The van der Waals surface area contributed by atoms with E-state index in [4.69, 9.17) is 0 Å². The summed E-state index contributed by atoms with van der Waals surface area (Å²) in [5, 5.41) is 5.06. The van der Waals surface area contributed by atoms with Crippen LogP contribution in [-0.4, -0.2) is 6.29 Å². The third-order valence-corrected chi connectivity index (χ3v) is 8.10. The molecule has 4 aromatic carbocycles. The normalized spacial score (nSPS) is 19.5. The van der Waals surface area contributed by atoms with Crippen molar-refractivity contribution < 1.29 is 4.79 Å². The number of allylic oxidation sites excluding steroid dienone is 4. The quantitative estimate of drug-likeness (QED) is 0.260. The van der Waals surface area contributed by atoms with E-state index in [1.54, 1.807) is 5.57 Å². The second kappa shape index (κ2) is 8.64. The van der Waals surface area contributed by atoms with Gasteiger partial charge in [0, 0.05) is 5.56 Å². The SMILES string of the molecule is CC1C2=C(C=CC1(C)C)c1ccc3ccccc3c1C(C)(C)C2.O=Cc1ccc2ccccc2c1. The predicted octanol–water partition coefficient (Wildman–Crippen LogP) is 9.16. The van der Waals surface area contributed by atoms with Crippen LogP contribution < -0.4 is 0 Å². The maximum absolute atomic E-state index is 10.5. The lowest BCUT2D eigenvalue weighted by Gasteiger charge is -2.44. The Morgan fingerprint density at radius 3 is 2.20 bits per heavy atom. The number of carbonyl (C=O) groups is 1. The van der Waals surface area contributed by atoms with Crippen LogP contribution in [0.2, 0.25) is 0 Å². The fourth-order valence-corrected chi connectivity index (χ4v) is 5.81. The molecule has 0 spiro atoms. The number of carbonyl (C=O) groups excluding carboxylic acids is 1. The second-order valence-electron chi connectivity index (χ2n) is 11.3. The molecule has 1 atom stereocenters. The Morgan fingerprint density at radius 1 is 0.800 bits per heavy atom. The Hall–Kier alpha value is -3.45. The molecular formula is C34H34O. The summed E-state index contributed by atoms with van der Waals surface area (Å²) in [6.45, 7) is 12.0. The molecule has 2 aliphatic carbocycles. The van der Waals surface area contributed by atoms with Gasteiger partial charge in [0.25, 0.3) is 0 Å². The third kappa shape index (κ3) is 4.14. The zero-order valence-corrected chi connectivity index (χ0v) is 21.4. The average molecular weight is 459 g/mol. The molecule has 1 nitrogen and oxygen atoms in total. The number of aldehydes is 1.